The minimum Gasteiger partial charge on any atom is -0.354 e. The van der Waals surface area contributed by atoms with Gasteiger partial charge in [-0.2, -0.15) is 0 Å². The highest BCUT2D eigenvalue weighted by Gasteiger charge is 2.40. The maximum atomic E-state index is 13.0. The van der Waals surface area contributed by atoms with Crippen molar-refractivity contribution in [1.82, 2.24) is 15.5 Å². The van der Waals surface area contributed by atoms with E-state index >= 15 is 0 Å². The summed E-state index contributed by atoms with van der Waals surface area (Å²) in [6.07, 6.45) is -1.80. The van der Waals surface area contributed by atoms with Crippen LogP contribution in [0.4, 0.5) is 8.78 Å². The Morgan fingerprint density at radius 2 is 1.83 bits per heavy atom. The van der Waals surface area contributed by atoms with Gasteiger partial charge in [0.25, 0.3) is 0 Å². The number of carbonyl (C=O) groups excluding carboxylic acids is 3. The highest BCUT2D eigenvalue weighted by Crippen LogP contribution is 2.24. The van der Waals surface area contributed by atoms with Crippen molar-refractivity contribution < 1.29 is 23.2 Å². The molecule has 1 saturated heterocycles. The SMILES string of the molecule is CC(C)CCNC(=O)[C@H](CC(F)F)NC(=O)[C@@H]1CCCN1C(=O)[C@@H](N)C(C)(C)C. The number of carbonyl (C=O) groups is 3. The Morgan fingerprint density at radius 3 is 2.34 bits per heavy atom. The third-order valence-electron chi connectivity index (χ3n) is 5.11. The molecule has 0 aliphatic carbocycles. The van der Waals surface area contributed by atoms with Crippen molar-refractivity contribution >= 4 is 17.7 Å². The predicted molar refractivity (Wildman–Crippen MR) is 107 cm³/mol. The zero-order chi connectivity index (χ0) is 22.4. The van der Waals surface area contributed by atoms with E-state index in [9.17, 15) is 23.2 Å². The summed E-state index contributed by atoms with van der Waals surface area (Å²) in [4.78, 5) is 39.2. The Bertz CT molecular complexity index is 579. The van der Waals surface area contributed by atoms with Gasteiger partial charge in [0.05, 0.1) is 6.04 Å². The molecule has 0 spiro atoms. The molecule has 168 valence electrons. The number of hydrogen-bond acceptors (Lipinski definition) is 4. The first-order valence-electron chi connectivity index (χ1n) is 10.3. The van der Waals surface area contributed by atoms with Crippen LogP contribution in [0, 0.1) is 11.3 Å². The third-order valence-corrected chi connectivity index (χ3v) is 5.11. The number of likely N-dealkylation sites (tertiary alicyclic amines) is 1. The molecule has 0 saturated carbocycles. The molecule has 0 radical (unpaired) electrons. The average Bonchev–Trinajstić information content (AvgIpc) is 3.07. The first-order chi connectivity index (χ1) is 13.3. The number of alkyl halides is 2. The molecular formula is C20H36F2N4O3. The molecule has 0 unspecified atom stereocenters. The van der Waals surface area contributed by atoms with Gasteiger partial charge in [-0.15, -0.1) is 0 Å². The molecule has 1 aliphatic heterocycles. The van der Waals surface area contributed by atoms with Crippen LogP contribution < -0.4 is 16.4 Å². The number of halogens is 2. The molecule has 3 amide bonds. The van der Waals surface area contributed by atoms with Gasteiger partial charge in [-0.05, 0) is 30.6 Å². The van der Waals surface area contributed by atoms with Crippen LogP contribution in [0.2, 0.25) is 0 Å². The van der Waals surface area contributed by atoms with E-state index in [-0.39, 0.29) is 5.91 Å². The molecule has 9 heteroatoms. The molecule has 1 aliphatic rings. The zero-order valence-electron chi connectivity index (χ0n) is 18.1. The second-order valence-corrected chi connectivity index (χ2v) is 9.19. The minimum absolute atomic E-state index is 0.345. The van der Waals surface area contributed by atoms with Gasteiger partial charge in [-0.3, -0.25) is 14.4 Å². The fourth-order valence-corrected chi connectivity index (χ4v) is 3.14. The second-order valence-electron chi connectivity index (χ2n) is 9.19. The van der Waals surface area contributed by atoms with Gasteiger partial charge in [0.15, 0.2) is 0 Å². The highest BCUT2D eigenvalue weighted by atomic mass is 19.3. The molecule has 7 nitrogen and oxygen atoms in total. The van der Waals surface area contributed by atoms with Crippen molar-refractivity contribution in [2.45, 2.75) is 84.9 Å². The van der Waals surface area contributed by atoms with Crippen LogP contribution in [-0.2, 0) is 14.4 Å². The Labute approximate surface area is 172 Å². The van der Waals surface area contributed by atoms with E-state index in [1.54, 1.807) is 0 Å². The summed E-state index contributed by atoms with van der Waals surface area (Å²) in [5, 5.41) is 5.03. The summed E-state index contributed by atoms with van der Waals surface area (Å²) >= 11 is 0. The van der Waals surface area contributed by atoms with Gasteiger partial charge in [0.1, 0.15) is 12.1 Å². The summed E-state index contributed by atoms with van der Waals surface area (Å²) in [5.74, 6) is -1.23. The number of hydrogen-bond donors (Lipinski definition) is 3. The van der Waals surface area contributed by atoms with Gasteiger partial charge in [-0.1, -0.05) is 34.6 Å². The fourth-order valence-electron chi connectivity index (χ4n) is 3.14. The topological polar surface area (TPSA) is 105 Å². The van der Waals surface area contributed by atoms with Gasteiger partial charge in [0, 0.05) is 19.5 Å². The smallest absolute Gasteiger partial charge is 0.243 e. The van der Waals surface area contributed by atoms with E-state index < -0.39 is 48.2 Å². The molecular weight excluding hydrogens is 382 g/mol. The van der Waals surface area contributed by atoms with Crippen molar-refractivity contribution in [3.8, 4) is 0 Å². The summed E-state index contributed by atoms with van der Waals surface area (Å²) in [6.45, 7) is 10.2. The van der Waals surface area contributed by atoms with Gasteiger partial charge in [-0.25, -0.2) is 8.78 Å². The Hall–Kier alpha value is -1.77. The lowest BCUT2D eigenvalue weighted by atomic mass is 9.86. The van der Waals surface area contributed by atoms with Crippen molar-refractivity contribution in [2.24, 2.45) is 17.1 Å². The summed E-state index contributed by atoms with van der Waals surface area (Å²) in [5.41, 5.74) is 5.57. The van der Waals surface area contributed by atoms with E-state index in [1.165, 1.54) is 4.90 Å². The molecule has 1 rings (SSSR count). The number of rotatable bonds is 9. The summed E-state index contributed by atoms with van der Waals surface area (Å²) in [6, 6.07) is -2.94. The zero-order valence-corrected chi connectivity index (χ0v) is 18.1. The van der Waals surface area contributed by atoms with Crippen LogP contribution in [-0.4, -0.2) is 60.3 Å². The van der Waals surface area contributed by atoms with Gasteiger partial charge < -0.3 is 21.3 Å². The molecule has 3 atom stereocenters. The third kappa shape index (κ3) is 7.87. The first-order valence-corrected chi connectivity index (χ1v) is 10.3. The molecule has 0 aromatic carbocycles. The fraction of sp³-hybridized carbons (Fsp3) is 0.850. The average molecular weight is 419 g/mol. The molecule has 1 fully saturated rings. The second kappa shape index (κ2) is 10.8. The number of nitrogens with two attached hydrogens (primary N) is 1. The summed E-state index contributed by atoms with van der Waals surface area (Å²) in [7, 11) is 0. The maximum absolute atomic E-state index is 13.0. The number of nitrogens with zero attached hydrogens (tertiary/aromatic N) is 1. The van der Waals surface area contributed by atoms with E-state index in [4.69, 9.17) is 5.73 Å². The van der Waals surface area contributed by atoms with E-state index in [0.29, 0.717) is 38.3 Å². The monoisotopic (exact) mass is 418 g/mol. The number of nitrogens with one attached hydrogen (secondary N) is 2. The van der Waals surface area contributed by atoms with Crippen LogP contribution in [0.25, 0.3) is 0 Å². The van der Waals surface area contributed by atoms with Crippen molar-refractivity contribution in [3.63, 3.8) is 0 Å². The first kappa shape index (κ1) is 25.3. The van der Waals surface area contributed by atoms with Crippen LogP contribution in [0.5, 0.6) is 0 Å². The lowest BCUT2D eigenvalue weighted by molar-refractivity contribution is -0.142. The van der Waals surface area contributed by atoms with Crippen molar-refractivity contribution in [2.75, 3.05) is 13.1 Å². The van der Waals surface area contributed by atoms with Crippen molar-refractivity contribution in [3.05, 3.63) is 0 Å². The van der Waals surface area contributed by atoms with E-state index in [2.05, 4.69) is 10.6 Å². The van der Waals surface area contributed by atoms with Crippen LogP contribution in [0.1, 0.15) is 60.3 Å². The van der Waals surface area contributed by atoms with Crippen LogP contribution in [0.15, 0.2) is 0 Å². The Morgan fingerprint density at radius 1 is 1.21 bits per heavy atom. The molecule has 1 heterocycles. The standard InChI is InChI=1S/C20H36F2N4O3/c1-12(2)8-9-24-17(27)13(11-15(21)22)25-18(28)14-7-6-10-26(14)19(29)16(23)20(3,4)5/h12-16H,6-11,23H2,1-5H3,(H,24,27)(H,25,28)/t13-,14-,16+/m0/s1. The Balaban J connectivity index is 2.81. The molecule has 0 aromatic heterocycles. The lowest BCUT2D eigenvalue weighted by Crippen LogP contribution is -2.57. The molecule has 0 bridgehead atoms. The van der Waals surface area contributed by atoms with Crippen LogP contribution >= 0.6 is 0 Å². The lowest BCUT2D eigenvalue weighted by Gasteiger charge is -2.33. The predicted octanol–water partition coefficient (Wildman–Crippen LogP) is 1.65. The Kier molecular flexibility index (Phi) is 9.45. The van der Waals surface area contributed by atoms with E-state index in [1.807, 2.05) is 34.6 Å². The largest absolute Gasteiger partial charge is 0.354 e. The normalized spacial score (nSPS) is 19.4. The van der Waals surface area contributed by atoms with Gasteiger partial charge >= 0.3 is 0 Å². The molecule has 4 N–H and O–H groups in total. The maximum Gasteiger partial charge on any atom is 0.243 e. The quantitative estimate of drug-likeness (QED) is 0.530. The summed E-state index contributed by atoms with van der Waals surface area (Å²) < 4.78 is 25.9. The number of amides is 3. The van der Waals surface area contributed by atoms with Crippen LogP contribution in [0.3, 0.4) is 0 Å². The molecule has 29 heavy (non-hydrogen) atoms. The van der Waals surface area contributed by atoms with Gasteiger partial charge in [0.2, 0.25) is 24.1 Å². The van der Waals surface area contributed by atoms with E-state index in [0.717, 1.165) is 0 Å². The van der Waals surface area contributed by atoms with Crippen molar-refractivity contribution in [1.29, 1.82) is 0 Å². The highest BCUT2D eigenvalue weighted by molar-refractivity contribution is 5.93. The minimum atomic E-state index is -2.74. The molecule has 0 aromatic rings.